The molecule has 5 atom stereocenters. The van der Waals surface area contributed by atoms with E-state index in [1.54, 1.807) is 13.8 Å². The number of rotatable bonds is 8. The first-order chi connectivity index (χ1) is 16.5. The smallest absolute Gasteiger partial charge is 0.274 e. The van der Waals surface area contributed by atoms with Gasteiger partial charge in [0.1, 0.15) is 23.9 Å². The van der Waals surface area contributed by atoms with Gasteiger partial charge in [0.25, 0.3) is 5.91 Å². The molecule has 1 aliphatic carbocycles. The highest BCUT2D eigenvalue weighted by molar-refractivity contribution is 5.98. The Balaban J connectivity index is 1.81. The third kappa shape index (κ3) is 5.91. The zero-order valence-corrected chi connectivity index (χ0v) is 21.0. The Labute approximate surface area is 206 Å². The molecule has 10 nitrogen and oxygen atoms in total. The molecule has 0 radical (unpaired) electrons. The second-order valence-electron chi connectivity index (χ2n) is 10.1. The second kappa shape index (κ2) is 11.0. The summed E-state index contributed by atoms with van der Waals surface area (Å²) in [6.45, 7) is 11.4. The Morgan fingerprint density at radius 3 is 2.37 bits per heavy atom. The summed E-state index contributed by atoms with van der Waals surface area (Å²) in [6.07, 6.45) is 4.56. The lowest BCUT2D eigenvalue weighted by molar-refractivity contribution is -0.140. The zero-order chi connectivity index (χ0) is 25.9. The molecule has 4 amide bonds. The first-order valence-electron chi connectivity index (χ1n) is 12.3. The lowest BCUT2D eigenvalue weighted by atomic mass is 9.83. The number of hydrogen-bond acceptors (Lipinski definition) is 6. The predicted octanol–water partition coefficient (Wildman–Crippen LogP) is 1.69. The van der Waals surface area contributed by atoms with E-state index in [4.69, 9.17) is 10.3 Å². The summed E-state index contributed by atoms with van der Waals surface area (Å²) < 4.78 is 4.99. The molecule has 1 aromatic rings. The summed E-state index contributed by atoms with van der Waals surface area (Å²) in [4.78, 5) is 53.4. The highest BCUT2D eigenvalue weighted by Crippen LogP contribution is 2.31. The summed E-state index contributed by atoms with van der Waals surface area (Å²) in [7, 11) is 0. The van der Waals surface area contributed by atoms with Gasteiger partial charge in [0, 0.05) is 12.6 Å². The standard InChI is InChI=1S/C25H37N5O5/c1-13(2)19(25(34)30-12-14(3)16(5)21(30)22(26)31)27-24(33)20(17-9-7-6-8-10-17)28-23(32)18-11-15(4)35-29-18/h11,14,16-17,19-21H,1,6-10,12H2,2-5H3,(H2,26,31)(H,27,33)(H,28,32)/t14-,16-,19?,20-,21-/m0/s1. The van der Waals surface area contributed by atoms with Crippen molar-refractivity contribution in [2.45, 2.75) is 77.9 Å². The predicted molar refractivity (Wildman–Crippen MR) is 129 cm³/mol. The van der Waals surface area contributed by atoms with Crippen molar-refractivity contribution in [3.05, 3.63) is 29.7 Å². The Morgan fingerprint density at radius 2 is 1.83 bits per heavy atom. The third-order valence-corrected chi connectivity index (χ3v) is 7.37. The molecule has 1 saturated carbocycles. The number of likely N-dealkylation sites (tertiary alicyclic amines) is 1. The van der Waals surface area contributed by atoms with Gasteiger partial charge < -0.3 is 25.8 Å². The van der Waals surface area contributed by atoms with Crippen LogP contribution in [0.3, 0.4) is 0 Å². The summed E-state index contributed by atoms with van der Waals surface area (Å²) >= 11 is 0. The van der Waals surface area contributed by atoms with Crippen molar-refractivity contribution in [2.24, 2.45) is 23.5 Å². The van der Waals surface area contributed by atoms with E-state index >= 15 is 0 Å². The molecule has 2 heterocycles. The molecule has 1 saturated heterocycles. The molecule has 4 N–H and O–H groups in total. The molecule has 0 aromatic carbocycles. The van der Waals surface area contributed by atoms with Crippen LogP contribution in [0.15, 0.2) is 22.7 Å². The summed E-state index contributed by atoms with van der Waals surface area (Å²) in [6, 6.07) is -1.14. The number of amides is 4. The number of hydrogen-bond donors (Lipinski definition) is 3. The Kier molecular flexibility index (Phi) is 8.34. The monoisotopic (exact) mass is 487 g/mol. The molecule has 1 unspecified atom stereocenters. The third-order valence-electron chi connectivity index (χ3n) is 7.37. The van der Waals surface area contributed by atoms with Crippen LogP contribution >= 0.6 is 0 Å². The quantitative estimate of drug-likeness (QED) is 0.475. The number of nitrogens with two attached hydrogens (primary N) is 1. The summed E-state index contributed by atoms with van der Waals surface area (Å²) in [5.74, 6) is -1.59. The van der Waals surface area contributed by atoms with E-state index in [0.29, 0.717) is 17.9 Å². The Bertz CT molecular complexity index is 983. The van der Waals surface area contributed by atoms with Gasteiger partial charge in [-0.15, -0.1) is 0 Å². The number of aromatic nitrogens is 1. The van der Waals surface area contributed by atoms with Crippen LogP contribution in [0.5, 0.6) is 0 Å². The largest absolute Gasteiger partial charge is 0.368 e. The van der Waals surface area contributed by atoms with Gasteiger partial charge in [-0.2, -0.15) is 0 Å². The SMILES string of the molecule is C=C(C)C(NC(=O)[C@@H](NC(=O)c1cc(C)on1)C1CCCCC1)C(=O)N1C[C@H](C)[C@H](C)[C@H]1C(N)=O. The average Bonchev–Trinajstić information content (AvgIpc) is 3.38. The second-order valence-corrected chi connectivity index (χ2v) is 10.1. The molecule has 0 spiro atoms. The van der Waals surface area contributed by atoms with Gasteiger partial charge in [0.05, 0.1) is 0 Å². The van der Waals surface area contributed by atoms with Crippen molar-refractivity contribution in [1.29, 1.82) is 0 Å². The van der Waals surface area contributed by atoms with E-state index in [1.807, 2.05) is 13.8 Å². The van der Waals surface area contributed by atoms with Gasteiger partial charge in [0.15, 0.2) is 5.69 Å². The van der Waals surface area contributed by atoms with Crippen molar-refractivity contribution in [2.75, 3.05) is 6.54 Å². The van der Waals surface area contributed by atoms with Gasteiger partial charge in [-0.1, -0.05) is 44.8 Å². The Morgan fingerprint density at radius 1 is 1.17 bits per heavy atom. The van der Waals surface area contributed by atoms with Gasteiger partial charge in [-0.05, 0) is 50.0 Å². The van der Waals surface area contributed by atoms with Crippen LogP contribution in [-0.4, -0.2) is 58.4 Å². The van der Waals surface area contributed by atoms with E-state index in [1.165, 1.54) is 11.0 Å². The summed E-state index contributed by atoms with van der Waals surface area (Å²) in [5, 5.41) is 9.35. The van der Waals surface area contributed by atoms with Gasteiger partial charge in [-0.25, -0.2) is 0 Å². The van der Waals surface area contributed by atoms with Crippen LogP contribution in [0.1, 0.15) is 69.1 Å². The van der Waals surface area contributed by atoms with Crippen LogP contribution in [0.4, 0.5) is 0 Å². The van der Waals surface area contributed by atoms with E-state index in [2.05, 4.69) is 22.4 Å². The highest BCUT2D eigenvalue weighted by Gasteiger charge is 2.45. The van der Waals surface area contributed by atoms with Crippen molar-refractivity contribution < 1.29 is 23.7 Å². The van der Waals surface area contributed by atoms with E-state index in [0.717, 1.165) is 32.1 Å². The maximum Gasteiger partial charge on any atom is 0.274 e. The highest BCUT2D eigenvalue weighted by atomic mass is 16.5. The van der Waals surface area contributed by atoms with Gasteiger partial charge in [0.2, 0.25) is 17.7 Å². The molecular weight excluding hydrogens is 450 g/mol. The van der Waals surface area contributed by atoms with Crippen LogP contribution < -0.4 is 16.4 Å². The first-order valence-corrected chi connectivity index (χ1v) is 12.3. The number of primary amides is 1. The van der Waals surface area contributed by atoms with Crippen LogP contribution in [0.25, 0.3) is 0 Å². The van der Waals surface area contributed by atoms with Crippen molar-refractivity contribution in [3.8, 4) is 0 Å². The van der Waals surface area contributed by atoms with Crippen molar-refractivity contribution >= 4 is 23.6 Å². The number of carbonyl (C=O) groups excluding carboxylic acids is 4. The maximum absolute atomic E-state index is 13.5. The Hall–Kier alpha value is -3.17. The number of nitrogens with zero attached hydrogens (tertiary/aromatic N) is 2. The zero-order valence-electron chi connectivity index (χ0n) is 21.0. The molecule has 192 valence electrons. The fourth-order valence-corrected chi connectivity index (χ4v) is 5.17. The van der Waals surface area contributed by atoms with Gasteiger partial charge >= 0.3 is 0 Å². The maximum atomic E-state index is 13.5. The van der Waals surface area contributed by atoms with Crippen LogP contribution in [0, 0.1) is 24.7 Å². The summed E-state index contributed by atoms with van der Waals surface area (Å²) in [5.41, 5.74) is 6.13. The van der Waals surface area contributed by atoms with Crippen LogP contribution in [-0.2, 0) is 14.4 Å². The minimum absolute atomic E-state index is 0.0771. The van der Waals surface area contributed by atoms with Crippen LogP contribution in [0.2, 0.25) is 0 Å². The molecule has 2 aliphatic rings. The molecule has 2 fully saturated rings. The minimum atomic E-state index is -1.04. The van der Waals surface area contributed by atoms with E-state index < -0.39 is 41.8 Å². The minimum Gasteiger partial charge on any atom is -0.368 e. The molecule has 10 heteroatoms. The normalized spacial score (nSPS) is 24.5. The number of aryl methyl sites for hydroxylation is 1. The molecule has 35 heavy (non-hydrogen) atoms. The fourth-order valence-electron chi connectivity index (χ4n) is 5.17. The van der Waals surface area contributed by atoms with Gasteiger partial charge in [-0.3, -0.25) is 19.2 Å². The average molecular weight is 488 g/mol. The number of nitrogens with one attached hydrogen (secondary N) is 2. The lowest BCUT2D eigenvalue weighted by Gasteiger charge is -2.33. The van der Waals surface area contributed by atoms with E-state index in [-0.39, 0.29) is 23.4 Å². The molecule has 0 bridgehead atoms. The topological polar surface area (TPSA) is 148 Å². The molecule has 1 aromatic heterocycles. The fraction of sp³-hybridized carbons (Fsp3) is 0.640. The van der Waals surface area contributed by atoms with E-state index in [9.17, 15) is 19.2 Å². The van der Waals surface area contributed by atoms with Crippen molar-refractivity contribution in [3.63, 3.8) is 0 Å². The molecular formula is C25H37N5O5. The molecule has 3 rings (SSSR count). The molecule has 1 aliphatic heterocycles. The number of carbonyl (C=O) groups is 4. The van der Waals surface area contributed by atoms with Crippen molar-refractivity contribution in [1.82, 2.24) is 20.7 Å². The first kappa shape index (κ1) is 26.4. The lowest BCUT2D eigenvalue weighted by Crippen LogP contribution is -2.58.